The number of nitrogens with one attached hydrogen (secondary N) is 2. The predicted molar refractivity (Wildman–Crippen MR) is 73.5 cm³/mol. The Kier molecular flexibility index (Phi) is 7.00. The van der Waals surface area contributed by atoms with Crippen molar-refractivity contribution in [3.8, 4) is 0 Å². The van der Waals surface area contributed by atoms with Gasteiger partial charge in [-0.2, -0.15) is 0 Å². The molecule has 0 heterocycles. The van der Waals surface area contributed by atoms with E-state index in [1.165, 1.54) is 31.3 Å². The topological polar surface area (TPSA) is 67.4 Å². The van der Waals surface area contributed by atoms with Crippen LogP contribution in [0.15, 0.2) is 11.8 Å². The molecule has 0 bridgehead atoms. The Labute approximate surface area is 114 Å². The van der Waals surface area contributed by atoms with Crippen LogP contribution < -0.4 is 10.6 Å². The quantitative estimate of drug-likeness (QED) is 0.726. The molecule has 1 fully saturated rings. The summed E-state index contributed by atoms with van der Waals surface area (Å²) in [4.78, 5) is 22.5. The SMILES string of the molecule is CCOC(=O)CCNC(=O)N/C=C(\C)C1CCCC1. The van der Waals surface area contributed by atoms with E-state index in [4.69, 9.17) is 4.74 Å². The smallest absolute Gasteiger partial charge is 0.318 e. The van der Waals surface area contributed by atoms with Crippen LogP contribution in [0.4, 0.5) is 4.79 Å². The minimum absolute atomic E-state index is 0.201. The van der Waals surface area contributed by atoms with Gasteiger partial charge in [0.2, 0.25) is 0 Å². The van der Waals surface area contributed by atoms with Crippen molar-refractivity contribution in [2.45, 2.75) is 46.0 Å². The average molecular weight is 268 g/mol. The van der Waals surface area contributed by atoms with Crippen molar-refractivity contribution in [1.29, 1.82) is 0 Å². The van der Waals surface area contributed by atoms with E-state index in [1.54, 1.807) is 13.1 Å². The standard InChI is InChI=1S/C14H24N2O3/c1-3-19-13(17)8-9-15-14(18)16-10-11(2)12-6-4-5-7-12/h10,12H,3-9H2,1-2H3,(H2,15,16,18)/b11-10+. The van der Waals surface area contributed by atoms with Gasteiger partial charge >= 0.3 is 12.0 Å². The van der Waals surface area contributed by atoms with Crippen molar-refractivity contribution in [3.05, 3.63) is 11.8 Å². The van der Waals surface area contributed by atoms with Gasteiger partial charge in [0.05, 0.1) is 13.0 Å². The maximum atomic E-state index is 11.5. The minimum Gasteiger partial charge on any atom is -0.466 e. The summed E-state index contributed by atoms with van der Waals surface area (Å²) in [5.41, 5.74) is 1.22. The number of ether oxygens (including phenoxy) is 1. The minimum atomic E-state index is -0.291. The fourth-order valence-corrected chi connectivity index (χ4v) is 2.24. The maximum absolute atomic E-state index is 11.5. The number of allylic oxidation sites excluding steroid dienone is 1. The summed E-state index contributed by atoms with van der Waals surface area (Å²) in [5, 5.41) is 5.32. The van der Waals surface area contributed by atoms with Crippen LogP contribution in [0.25, 0.3) is 0 Å². The number of rotatable bonds is 6. The van der Waals surface area contributed by atoms with Crippen molar-refractivity contribution in [2.24, 2.45) is 5.92 Å². The highest BCUT2D eigenvalue weighted by Gasteiger charge is 2.16. The van der Waals surface area contributed by atoms with E-state index in [0.717, 1.165) is 0 Å². The van der Waals surface area contributed by atoms with Crippen LogP contribution >= 0.6 is 0 Å². The molecule has 2 amide bonds. The van der Waals surface area contributed by atoms with Gasteiger partial charge in [0.1, 0.15) is 0 Å². The zero-order valence-electron chi connectivity index (χ0n) is 11.8. The third kappa shape index (κ3) is 6.27. The molecule has 1 aliphatic rings. The molecule has 2 N–H and O–H groups in total. The summed E-state index contributed by atoms with van der Waals surface area (Å²) >= 11 is 0. The highest BCUT2D eigenvalue weighted by atomic mass is 16.5. The van der Waals surface area contributed by atoms with Crippen molar-refractivity contribution >= 4 is 12.0 Å². The van der Waals surface area contributed by atoms with E-state index in [-0.39, 0.29) is 18.4 Å². The Morgan fingerprint density at radius 1 is 1.32 bits per heavy atom. The summed E-state index contributed by atoms with van der Waals surface area (Å²) in [7, 11) is 0. The summed E-state index contributed by atoms with van der Waals surface area (Å²) in [5.74, 6) is 0.320. The van der Waals surface area contributed by atoms with E-state index < -0.39 is 0 Å². The third-order valence-corrected chi connectivity index (χ3v) is 3.35. The van der Waals surface area contributed by atoms with Gasteiger partial charge in [-0.25, -0.2) is 4.79 Å². The van der Waals surface area contributed by atoms with Gasteiger partial charge in [-0.1, -0.05) is 18.4 Å². The van der Waals surface area contributed by atoms with E-state index in [0.29, 0.717) is 19.1 Å². The monoisotopic (exact) mass is 268 g/mol. The summed E-state index contributed by atoms with van der Waals surface area (Å²) in [6.07, 6.45) is 6.97. The van der Waals surface area contributed by atoms with E-state index >= 15 is 0 Å². The van der Waals surface area contributed by atoms with Gasteiger partial charge in [0, 0.05) is 12.7 Å². The molecule has 0 saturated heterocycles. The lowest BCUT2D eigenvalue weighted by atomic mass is 10.0. The second-order valence-electron chi connectivity index (χ2n) is 4.82. The van der Waals surface area contributed by atoms with Gasteiger partial charge in [0.15, 0.2) is 0 Å². The molecule has 1 rings (SSSR count). The zero-order valence-corrected chi connectivity index (χ0v) is 11.8. The molecule has 19 heavy (non-hydrogen) atoms. The Hall–Kier alpha value is -1.52. The maximum Gasteiger partial charge on any atom is 0.318 e. The fraction of sp³-hybridized carbons (Fsp3) is 0.714. The first kappa shape index (κ1) is 15.5. The summed E-state index contributed by atoms with van der Waals surface area (Å²) < 4.78 is 4.77. The highest BCUT2D eigenvalue weighted by molar-refractivity contribution is 5.76. The van der Waals surface area contributed by atoms with Crippen molar-refractivity contribution in [3.63, 3.8) is 0 Å². The number of hydrogen-bond acceptors (Lipinski definition) is 3. The first-order valence-corrected chi connectivity index (χ1v) is 7.00. The normalized spacial score (nSPS) is 16.2. The molecular formula is C14H24N2O3. The van der Waals surface area contributed by atoms with Crippen LogP contribution in [0.2, 0.25) is 0 Å². The van der Waals surface area contributed by atoms with E-state index in [2.05, 4.69) is 17.6 Å². The lowest BCUT2D eigenvalue weighted by Gasteiger charge is -2.10. The summed E-state index contributed by atoms with van der Waals surface area (Å²) in [6.45, 7) is 4.47. The van der Waals surface area contributed by atoms with E-state index in [9.17, 15) is 9.59 Å². The zero-order chi connectivity index (χ0) is 14.1. The molecule has 1 aliphatic carbocycles. The largest absolute Gasteiger partial charge is 0.466 e. The Morgan fingerprint density at radius 3 is 2.63 bits per heavy atom. The van der Waals surface area contributed by atoms with E-state index in [1.807, 2.05) is 0 Å². The lowest BCUT2D eigenvalue weighted by molar-refractivity contribution is -0.142. The number of carbonyl (C=O) groups excluding carboxylic acids is 2. The van der Waals surface area contributed by atoms with Gasteiger partial charge in [-0.05, 0) is 32.6 Å². The average Bonchev–Trinajstić information content (AvgIpc) is 2.90. The molecule has 0 aromatic rings. The second-order valence-corrected chi connectivity index (χ2v) is 4.82. The van der Waals surface area contributed by atoms with Gasteiger partial charge in [-0.15, -0.1) is 0 Å². The predicted octanol–water partition coefficient (Wildman–Crippen LogP) is 2.33. The first-order chi connectivity index (χ1) is 9.13. The van der Waals surface area contributed by atoms with Crippen LogP contribution in [0.1, 0.15) is 46.0 Å². The molecule has 5 nitrogen and oxygen atoms in total. The molecular weight excluding hydrogens is 244 g/mol. The number of urea groups is 1. The van der Waals surface area contributed by atoms with Gasteiger partial charge in [-0.3, -0.25) is 4.79 Å². The fourth-order valence-electron chi connectivity index (χ4n) is 2.24. The number of hydrogen-bond donors (Lipinski definition) is 2. The Balaban J connectivity index is 2.16. The molecule has 0 radical (unpaired) electrons. The van der Waals surface area contributed by atoms with Crippen LogP contribution in [0, 0.1) is 5.92 Å². The van der Waals surface area contributed by atoms with Gasteiger partial charge < -0.3 is 15.4 Å². The second kappa shape index (κ2) is 8.56. The Morgan fingerprint density at radius 2 is 2.00 bits per heavy atom. The number of amides is 2. The molecule has 0 spiro atoms. The number of esters is 1. The molecule has 1 saturated carbocycles. The molecule has 108 valence electrons. The molecule has 0 unspecified atom stereocenters. The van der Waals surface area contributed by atoms with Crippen LogP contribution in [-0.2, 0) is 9.53 Å². The van der Waals surface area contributed by atoms with Crippen molar-refractivity contribution in [1.82, 2.24) is 10.6 Å². The lowest BCUT2D eigenvalue weighted by Crippen LogP contribution is -2.34. The van der Waals surface area contributed by atoms with Crippen molar-refractivity contribution in [2.75, 3.05) is 13.2 Å². The molecule has 0 aliphatic heterocycles. The molecule has 0 atom stereocenters. The summed E-state index contributed by atoms with van der Waals surface area (Å²) in [6, 6.07) is -0.276. The van der Waals surface area contributed by atoms with Crippen LogP contribution in [0.3, 0.4) is 0 Å². The third-order valence-electron chi connectivity index (χ3n) is 3.35. The first-order valence-electron chi connectivity index (χ1n) is 7.00. The van der Waals surface area contributed by atoms with Crippen LogP contribution in [0.5, 0.6) is 0 Å². The molecule has 0 aromatic carbocycles. The van der Waals surface area contributed by atoms with Gasteiger partial charge in [0.25, 0.3) is 0 Å². The Bertz CT molecular complexity index is 334. The molecule has 0 aromatic heterocycles. The van der Waals surface area contributed by atoms with Crippen molar-refractivity contribution < 1.29 is 14.3 Å². The van der Waals surface area contributed by atoms with Crippen LogP contribution in [-0.4, -0.2) is 25.2 Å². The molecule has 5 heteroatoms. The number of carbonyl (C=O) groups is 2. The highest BCUT2D eigenvalue weighted by Crippen LogP contribution is 2.30.